The van der Waals surface area contributed by atoms with E-state index in [4.69, 9.17) is 18.9 Å². The maximum Gasteiger partial charge on any atom is 0.186 e. The predicted molar refractivity (Wildman–Crippen MR) is 201 cm³/mol. The zero-order valence-corrected chi connectivity index (χ0v) is 34.2. The molecule has 0 radical (unpaired) electrons. The van der Waals surface area contributed by atoms with Crippen molar-refractivity contribution >= 4 is 5.78 Å². The van der Waals surface area contributed by atoms with Crippen molar-refractivity contribution in [3.05, 3.63) is 0 Å². The molecular formula is C42H70O15. The molecule has 0 amide bonds. The fraction of sp³-hybridized carbons (Fsp3) is 0.976. The molecule has 2 spiro atoms. The average Bonchev–Trinajstić information content (AvgIpc) is 3.77. The fourth-order valence-electron chi connectivity index (χ4n) is 13.8. The first kappa shape index (κ1) is 44.2. The summed E-state index contributed by atoms with van der Waals surface area (Å²) in [5.41, 5.74) is -1.18. The standard InChI is InChI=1S/C42H70O15/c1-20(2)42(53,19-44)14-26(46)21(3)23-8-10-39(5)29-7-6-24-22(25(45)9-11-40(24)18-41(29,40)13-12-38(23,39)4)16-54-36-35(52)33(50)31(48)28(57-36)17-55-37-34(51)32(49)30(47)27(15-43)56-37/h20-24,26-37,43-44,46-53H,6-19H2,1-5H3/t21-,22-,23+,24-,26?,27+,28+,29-,30+,31+,32-,33-,34+,35+,36+,37+,38+,39-,40+,41-,42?/m0/s1. The van der Waals surface area contributed by atoms with Crippen LogP contribution in [0.4, 0.5) is 0 Å². The van der Waals surface area contributed by atoms with Crippen molar-refractivity contribution in [1.82, 2.24) is 0 Å². The summed E-state index contributed by atoms with van der Waals surface area (Å²) < 4.78 is 23.0. The lowest BCUT2D eigenvalue weighted by Crippen LogP contribution is -2.62. The van der Waals surface area contributed by atoms with Crippen molar-refractivity contribution in [1.29, 1.82) is 0 Å². The van der Waals surface area contributed by atoms with Crippen molar-refractivity contribution in [3.8, 4) is 0 Å². The van der Waals surface area contributed by atoms with Gasteiger partial charge in [0.25, 0.3) is 0 Å². The van der Waals surface area contributed by atoms with E-state index < -0.39 is 92.2 Å². The number of carbonyl (C=O) groups excluding carboxylic acids is 1. The molecule has 2 aliphatic heterocycles. The van der Waals surface area contributed by atoms with Gasteiger partial charge >= 0.3 is 0 Å². The Bertz CT molecular complexity index is 1450. The number of Topliss-reactive ketones (excluding diaryl/α,β-unsaturated/α-hetero) is 1. The first-order chi connectivity index (χ1) is 26.8. The first-order valence-corrected chi connectivity index (χ1v) is 21.5. The minimum absolute atomic E-state index is 0.00379. The molecule has 21 atom stereocenters. The Balaban J connectivity index is 1.01. The Labute approximate surface area is 335 Å². The molecule has 0 bridgehead atoms. The summed E-state index contributed by atoms with van der Waals surface area (Å²) in [4.78, 5) is 13.7. The van der Waals surface area contributed by atoms with E-state index >= 15 is 0 Å². The number of hydrogen-bond donors (Lipinski definition) is 10. The molecule has 0 aromatic rings. The molecule has 2 unspecified atom stereocenters. The molecule has 7 fully saturated rings. The van der Waals surface area contributed by atoms with Gasteiger partial charge in [0.05, 0.1) is 38.1 Å². The van der Waals surface area contributed by atoms with Gasteiger partial charge in [-0.2, -0.15) is 0 Å². The highest BCUT2D eigenvalue weighted by molar-refractivity contribution is 5.83. The van der Waals surface area contributed by atoms with Crippen LogP contribution in [0.15, 0.2) is 0 Å². The van der Waals surface area contributed by atoms with Crippen molar-refractivity contribution in [2.24, 2.45) is 57.2 Å². The quantitative estimate of drug-likeness (QED) is 0.117. The monoisotopic (exact) mass is 814 g/mol. The van der Waals surface area contributed by atoms with Gasteiger partial charge in [-0.3, -0.25) is 4.79 Å². The van der Waals surface area contributed by atoms with Crippen molar-refractivity contribution in [2.45, 2.75) is 172 Å². The summed E-state index contributed by atoms with van der Waals surface area (Å²) in [5.74, 6) is 0.283. The fourth-order valence-corrected chi connectivity index (χ4v) is 13.8. The minimum atomic E-state index is -1.69. The van der Waals surface area contributed by atoms with Gasteiger partial charge in [0.15, 0.2) is 12.6 Å². The Morgan fingerprint density at radius 1 is 0.754 bits per heavy atom. The molecule has 15 heteroatoms. The van der Waals surface area contributed by atoms with Crippen LogP contribution < -0.4 is 0 Å². The van der Waals surface area contributed by atoms with Gasteiger partial charge in [0.2, 0.25) is 0 Å². The summed E-state index contributed by atoms with van der Waals surface area (Å²) in [5, 5.41) is 105. The highest BCUT2D eigenvalue weighted by atomic mass is 16.7. The second-order valence-electron chi connectivity index (χ2n) is 20.2. The lowest BCUT2D eigenvalue weighted by molar-refractivity contribution is -0.332. The largest absolute Gasteiger partial charge is 0.394 e. The number of aliphatic hydroxyl groups is 10. The summed E-state index contributed by atoms with van der Waals surface area (Å²) in [6, 6.07) is 0. The van der Waals surface area contributed by atoms with Crippen LogP contribution in [0.1, 0.15) is 98.8 Å². The summed E-state index contributed by atoms with van der Waals surface area (Å²) in [6.45, 7) is 9.20. The van der Waals surface area contributed by atoms with Gasteiger partial charge < -0.3 is 70.0 Å². The van der Waals surface area contributed by atoms with Crippen LogP contribution in [0, 0.1) is 57.2 Å². The van der Waals surface area contributed by atoms with Crippen molar-refractivity contribution < 1.29 is 74.8 Å². The summed E-state index contributed by atoms with van der Waals surface area (Å²) in [6.07, 6.45) is -7.50. The molecule has 0 aromatic heterocycles. The van der Waals surface area contributed by atoms with Crippen molar-refractivity contribution in [2.75, 3.05) is 26.4 Å². The van der Waals surface area contributed by atoms with Gasteiger partial charge in [-0.1, -0.05) is 34.6 Å². The van der Waals surface area contributed by atoms with E-state index in [1.54, 1.807) is 0 Å². The van der Waals surface area contributed by atoms with Gasteiger partial charge in [-0.25, -0.2) is 0 Å². The number of rotatable bonds is 13. The topological polar surface area (TPSA) is 256 Å². The van der Waals surface area contributed by atoms with E-state index in [1.807, 2.05) is 13.8 Å². The molecule has 0 aromatic carbocycles. The molecule has 57 heavy (non-hydrogen) atoms. The number of fused-ring (bicyclic) bond motifs is 2. The lowest BCUT2D eigenvalue weighted by atomic mass is 9.43. The SMILES string of the molecule is CC(C)C(O)(CO)CC(O)[C@@H](C)[C@H]1CC[C@@]2(C)[C@@H]3CC[C@H]4[C@H](CO[C@@H]5O[C@H](CO[C@@H]6O[C@H](CO)[C@@H](O)[C@H](O)[C@H]6O)[C@@H](O)[C@H](O)[C@H]5O)C(=O)CC[C@@]45C[C@@]35CC[C@]12C. The first-order valence-electron chi connectivity index (χ1n) is 21.5. The molecule has 2 saturated heterocycles. The zero-order chi connectivity index (χ0) is 41.6. The number of ketones is 1. The van der Waals surface area contributed by atoms with E-state index in [1.165, 1.54) is 0 Å². The van der Waals surface area contributed by atoms with E-state index in [0.29, 0.717) is 12.3 Å². The van der Waals surface area contributed by atoms with E-state index in [2.05, 4.69) is 20.8 Å². The molecule has 10 N–H and O–H groups in total. The van der Waals surface area contributed by atoms with E-state index in [0.717, 1.165) is 51.4 Å². The number of aliphatic hydroxyl groups excluding tert-OH is 9. The Morgan fingerprint density at radius 2 is 1.37 bits per heavy atom. The highest BCUT2D eigenvalue weighted by Gasteiger charge is 2.81. The third-order valence-corrected chi connectivity index (χ3v) is 17.8. The van der Waals surface area contributed by atoms with Crippen LogP contribution >= 0.6 is 0 Å². The van der Waals surface area contributed by atoms with E-state index in [9.17, 15) is 55.9 Å². The molecular weight excluding hydrogens is 744 g/mol. The van der Waals surface area contributed by atoms with E-state index in [-0.39, 0.29) is 70.7 Å². The van der Waals surface area contributed by atoms with Gasteiger partial charge in [0, 0.05) is 18.8 Å². The number of carbonyl (C=O) groups is 1. The van der Waals surface area contributed by atoms with Crippen LogP contribution in [-0.2, 0) is 23.7 Å². The van der Waals surface area contributed by atoms with Gasteiger partial charge in [0.1, 0.15) is 54.6 Å². The van der Waals surface area contributed by atoms with Gasteiger partial charge in [-0.05, 0) is 103 Å². The van der Waals surface area contributed by atoms with Crippen LogP contribution in [0.5, 0.6) is 0 Å². The van der Waals surface area contributed by atoms with Crippen LogP contribution in [0.25, 0.3) is 0 Å². The van der Waals surface area contributed by atoms with Gasteiger partial charge in [-0.15, -0.1) is 0 Å². The zero-order valence-electron chi connectivity index (χ0n) is 34.2. The Hall–Kier alpha value is -0.890. The van der Waals surface area contributed by atoms with Crippen LogP contribution in [-0.4, -0.2) is 156 Å². The highest BCUT2D eigenvalue weighted by Crippen LogP contribution is 2.88. The third kappa shape index (κ3) is 6.81. The second kappa shape index (κ2) is 15.8. The minimum Gasteiger partial charge on any atom is -0.394 e. The summed E-state index contributed by atoms with van der Waals surface area (Å²) >= 11 is 0. The maximum absolute atomic E-state index is 13.7. The second-order valence-corrected chi connectivity index (χ2v) is 20.2. The lowest BCUT2D eigenvalue weighted by Gasteiger charge is -2.62. The summed E-state index contributed by atoms with van der Waals surface area (Å²) in [7, 11) is 0. The smallest absolute Gasteiger partial charge is 0.186 e. The Morgan fingerprint density at radius 3 is 1.98 bits per heavy atom. The number of hydrogen-bond acceptors (Lipinski definition) is 15. The normalized spacial score (nSPS) is 51.6. The average molecular weight is 815 g/mol. The molecule has 7 aliphatic rings. The van der Waals surface area contributed by atoms with Crippen LogP contribution in [0.2, 0.25) is 0 Å². The third-order valence-electron chi connectivity index (χ3n) is 17.8. The molecule has 5 saturated carbocycles. The van der Waals surface area contributed by atoms with Crippen molar-refractivity contribution in [3.63, 3.8) is 0 Å². The molecule has 5 aliphatic carbocycles. The maximum atomic E-state index is 13.7. The molecule has 7 rings (SSSR count). The Kier molecular flexibility index (Phi) is 12.2. The van der Waals surface area contributed by atoms with Crippen LogP contribution in [0.3, 0.4) is 0 Å². The molecule has 2 heterocycles. The predicted octanol–water partition coefficient (Wildman–Crippen LogP) is -0.00820. The molecule has 328 valence electrons. The molecule has 15 nitrogen and oxygen atoms in total. The number of ether oxygens (including phenoxy) is 4.